The highest BCUT2D eigenvalue weighted by atomic mass is 16.5. The number of aromatic nitrogens is 2. The van der Waals surface area contributed by atoms with E-state index in [0.29, 0.717) is 30.8 Å². The number of carbonyl (C=O) groups excluding carboxylic acids is 1. The molecule has 2 aromatic heterocycles. The molecule has 1 saturated heterocycles. The Balaban J connectivity index is 1.42. The van der Waals surface area contributed by atoms with E-state index < -0.39 is 0 Å². The Bertz CT molecular complexity index is 1350. The van der Waals surface area contributed by atoms with Crippen LogP contribution < -0.4 is 10.3 Å². The number of fused-ring (bicyclic) bond motifs is 3. The van der Waals surface area contributed by atoms with Gasteiger partial charge in [0.05, 0.1) is 19.5 Å². The molecule has 8 heteroatoms. The molecule has 0 saturated carbocycles. The van der Waals surface area contributed by atoms with Gasteiger partial charge in [-0.05, 0) is 42.7 Å². The molecule has 0 N–H and O–H groups in total. The lowest BCUT2D eigenvalue weighted by Crippen LogP contribution is -2.40. The monoisotopic (exact) mass is 447 g/mol. The maximum absolute atomic E-state index is 13.3. The maximum atomic E-state index is 13.3. The SMILES string of the molecule is COc1cccc(CN(CC2CCCO2)C(=O)Cn2cnc3c(oc4ccccc43)c2=O)c1. The average Bonchev–Trinajstić information content (AvgIpc) is 3.48. The van der Waals surface area contributed by atoms with Gasteiger partial charge in [0.2, 0.25) is 11.5 Å². The van der Waals surface area contributed by atoms with E-state index in [-0.39, 0.29) is 29.7 Å². The van der Waals surface area contributed by atoms with Crippen molar-refractivity contribution in [3.63, 3.8) is 0 Å². The summed E-state index contributed by atoms with van der Waals surface area (Å²) in [4.78, 5) is 32.5. The van der Waals surface area contributed by atoms with Crippen LogP contribution in [0.15, 0.2) is 64.1 Å². The zero-order valence-corrected chi connectivity index (χ0v) is 18.4. The van der Waals surface area contributed by atoms with Crippen molar-refractivity contribution < 1.29 is 18.7 Å². The molecule has 170 valence electrons. The lowest BCUT2D eigenvalue weighted by molar-refractivity contribution is -0.134. The van der Waals surface area contributed by atoms with Crippen LogP contribution >= 0.6 is 0 Å². The summed E-state index contributed by atoms with van der Waals surface area (Å²) in [6, 6.07) is 15.0. The van der Waals surface area contributed by atoms with Crippen molar-refractivity contribution in [1.29, 1.82) is 0 Å². The van der Waals surface area contributed by atoms with Gasteiger partial charge < -0.3 is 18.8 Å². The molecule has 1 aliphatic rings. The van der Waals surface area contributed by atoms with Crippen molar-refractivity contribution in [2.75, 3.05) is 20.3 Å². The number of nitrogens with zero attached hydrogens (tertiary/aromatic N) is 3. The molecule has 1 atom stereocenters. The van der Waals surface area contributed by atoms with Gasteiger partial charge in [0.1, 0.15) is 23.4 Å². The van der Waals surface area contributed by atoms with Crippen molar-refractivity contribution in [2.24, 2.45) is 0 Å². The second-order valence-corrected chi connectivity index (χ2v) is 8.21. The molecule has 8 nitrogen and oxygen atoms in total. The molecule has 1 fully saturated rings. The van der Waals surface area contributed by atoms with E-state index in [2.05, 4.69) is 4.98 Å². The molecule has 1 aliphatic heterocycles. The van der Waals surface area contributed by atoms with Crippen LogP contribution in [0.25, 0.3) is 22.1 Å². The summed E-state index contributed by atoms with van der Waals surface area (Å²) in [5.41, 5.74) is 1.83. The molecule has 1 amide bonds. The predicted octanol–water partition coefficient (Wildman–Crippen LogP) is 3.36. The van der Waals surface area contributed by atoms with E-state index in [4.69, 9.17) is 13.9 Å². The standard InChI is InChI=1S/C25H25N3O5/c1-31-18-7-4-6-17(12-18)13-27(14-19-8-5-11-32-19)22(29)15-28-16-26-23-20-9-2-3-10-21(20)33-24(23)25(28)30/h2-4,6-7,9-10,12,16,19H,5,8,11,13-15H2,1H3. The smallest absolute Gasteiger partial charge is 0.297 e. The average molecular weight is 447 g/mol. The molecule has 0 radical (unpaired) electrons. The Morgan fingerprint density at radius 3 is 2.94 bits per heavy atom. The van der Waals surface area contributed by atoms with Crippen LogP contribution in [0.4, 0.5) is 0 Å². The van der Waals surface area contributed by atoms with Gasteiger partial charge in [-0.1, -0.05) is 24.3 Å². The fourth-order valence-electron chi connectivity index (χ4n) is 4.25. The quantitative estimate of drug-likeness (QED) is 0.432. The van der Waals surface area contributed by atoms with E-state index >= 15 is 0 Å². The first kappa shape index (κ1) is 21.2. The minimum atomic E-state index is -0.372. The molecular weight excluding hydrogens is 422 g/mol. The highest BCUT2D eigenvalue weighted by Gasteiger charge is 2.24. The minimum Gasteiger partial charge on any atom is -0.497 e. The minimum absolute atomic E-state index is 0.00717. The Labute approximate surface area is 190 Å². The molecule has 4 aromatic rings. The van der Waals surface area contributed by atoms with Crippen molar-refractivity contribution >= 4 is 28.0 Å². The number of ether oxygens (including phenoxy) is 2. The van der Waals surface area contributed by atoms with Gasteiger partial charge in [0.25, 0.3) is 5.56 Å². The Hall–Kier alpha value is -3.65. The van der Waals surface area contributed by atoms with Gasteiger partial charge in [0, 0.05) is 25.1 Å². The first-order valence-corrected chi connectivity index (χ1v) is 11.0. The molecule has 33 heavy (non-hydrogen) atoms. The Kier molecular flexibility index (Phi) is 5.83. The normalized spacial score (nSPS) is 15.8. The van der Waals surface area contributed by atoms with E-state index in [9.17, 15) is 9.59 Å². The van der Waals surface area contributed by atoms with Crippen LogP contribution in [-0.4, -0.2) is 46.7 Å². The lowest BCUT2D eigenvalue weighted by atomic mass is 10.1. The first-order chi connectivity index (χ1) is 16.1. The number of carbonyl (C=O) groups is 1. The van der Waals surface area contributed by atoms with Crippen LogP contribution in [0, 0.1) is 0 Å². The number of hydrogen-bond acceptors (Lipinski definition) is 6. The summed E-state index contributed by atoms with van der Waals surface area (Å²) in [5, 5.41) is 0.779. The highest BCUT2D eigenvalue weighted by molar-refractivity contribution is 6.01. The van der Waals surface area contributed by atoms with E-state index in [1.165, 1.54) is 10.9 Å². The molecule has 3 heterocycles. The summed E-state index contributed by atoms with van der Waals surface area (Å²) in [7, 11) is 1.61. The fraction of sp³-hybridized carbons (Fsp3) is 0.320. The summed E-state index contributed by atoms with van der Waals surface area (Å²) in [5.74, 6) is 0.542. The summed E-state index contributed by atoms with van der Waals surface area (Å²) >= 11 is 0. The second-order valence-electron chi connectivity index (χ2n) is 8.21. The second kappa shape index (κ2) is 9.07. The number of para-hydroxylation sites is 1. The zero-order valence-electron chi connectivity index (χ0n) is 18.4. The molecule has 0 bridgehead atoms. The Morgan fingerprint density at radius 2 is 2.12 bits per heavy atom. The molecular formula is C25H25N3O5. The van der Waals surface area contributed by atoms with Gasteiger partial charge in [-0.15, -0.1) is 0 Å². The van der Waals surface area contributed by atoms with Crippen molar-refractivity contribution in [3.05, 3.63) is 70.8 Å². The number of benzene rings is 2. The molecule has 2 aromatic carbocycles. The number of furan rings is 1. The molecule has 0 aliphatic carbocycles. The first-order valence-electron chi connectivity index (χ1n) is 11.0. The molecule has 5 rings (SSSR count). The van der Waals surface area contributed by atoms with Crippen LogP contribution in [0.2, 0.25) is 0 Å². The Morgan fingerprint density at radius 1 is 1.24 bits per heavy atom. The van der Waals surface area contributed by atoms with Crippen LogP contribution in [-0.2, 0) is 22.6 Å². The predicted molar refractivity (Wildman–Crippen MR) is 123 cm³/mol. The van der Waals surface area contributed by atoms with E-state index in [1.54, 1.807) is 18.1 Å². The van der Waals surface area contributed by atoms with E-state index in [0.717, 1.165) is 29.5 Å². The van der Waals surface area contributed by atoms with E-state index in [1.807, 2.05) is 42.5 Å². The van der Waals surface area contributed by atoms with Crippen molar-refractivity contribution in [2.45, 2.75) is 32.0 Å². The maximum Gasteiger partial charge on any atom is 0.297 e. The number of amides is 1. The van der Waals surface area contributed by atoms with Gasteiger partial charge in [-0.25, -0.2) is 4.98 Å². The number of methoxy groups -OCH3 is 1. The number of rotatable bonds is 7. The van der Waals surface area contributed by atoms with Crippen LogP contribution in [0.5, 0.6) is 5.75 Å². The van der Waals surface area contributed by atoms with Gasteiger partial charge in [-0.3, -0.25) is 14.2 Å². The lowest BCUT2D eigenvalue weighted by Gasteiger charge is -2.26. The van der Waals surface area contributed by atoms with Crippen LogP contribution in [0.3, 0.4) is 0 Å². The molecule has 0 spiro atoms. The summed E-state index contributed by atoms with van der Waals surface area (Å²) in [6.07, 6.45) is 3.30. The third-order valence-electron chi connectivity index (χ3n) is 5.96. The van der Waals surface area contributed by atoms with Crippen molar-refractivity contribution in [3.8, 4) is 5.75 Å². The van der Waals surface area contributed by atoms with Crippen LogP contribution in [0.1, 0.15) is 18.4 Å². The highest BCUT2D eigenvalue weighted by Crippen LogP contribution is 2.24. The fourth-order valence-corrected chi connectivity index (χ4v) is 4.25. The van der Waals surface area contributed by atoms with Crippen molar-refractivity contribution in [1.82, 2.24) is 14.5 Å². The summed E-state index contributed by atoms with van der Waals surface area (Å²) < 4.78 is 18.1. The third-order valence-corrected chi connectivity index (χ3v) is 5.96. The largest absolute Gasteiger partial charge is 0.497 e. The van der Waals surface area contributed by atoms with Gasteiger partial charge in [0.15, 0.2) is 0 Å². The number of hydrogen-bond donors (Lipinski definition) is 0. The van der Waals surface area contributed by atoms with Gasteiger partial charge in [-0.2, -0.15) is 0 Å². The zero-order chi connectivity index (χ0) is 22.8. The molecule has 1 unspecified atom stereocenters. The topological polar surface area (TPSA) is 86.8 Å². The van der Waals surface area contributed by atoms with Gasteiger partial charge >= 0.3 is 0 Å². The third kappa shape index (κ3) is 4.34. The summed E-state index contributed by atoms with van der Waals surface area (Å²) in [6.45, 7) is 1.43.